The van der Waals surface area contributed by atoms with Crippen LogP contribution in [-0.4, -0.2) is 5.11 Å². The molecule has 0 saturated carbocycles. The fourth-order valence-electron chi connectivity index (χ4n) is 4.48. The second-order valence-corrected chi connectivity index (χ2v) is 9.66. The molecule has 0 fully saturated rings. The van der Waals surface area contributed by atoms with Crippen molar-refractivity contribution in [3.05, 3.63) is 12.3 Å². The van der Waals surface area contributed by atoms with E-state index in [0.29, 0.717) is 0 Å². The van der Waals surface area contributed by atoms with Gasteiger partial charge < -0.3 is 5.11 Å². The van der Waals surface area contributed by atoms with Crippen molar-refractivity contribution in [3.63, 3.8) is 0 Å². The molecular weight excluding hydrogens is 364 g/mol. The molecular formula is C29H58O. The van der Waals surface area contributed by atoms with Crippen molar-refractivity contribution < 1.29 is 5.11 Å². The van der Waals surface area contributed by atoms with E-state index >= 15 is 0 Å². The summed E-state index contributed by atoms with van der Waals surface area (Å²) in [6, 6.07) is 0. The number of unbranched alkanes of at least 4 members (excludes halogenated alkanes) is 25. The lowest BCUT2D eigenvalue weighted by Gasteiger charge is -2.04. The van der Waals surface area contributed by atoms with Crippen LogP contribution in [0.15, 0.2) is 12.3 Å². The quantitative estimate of drug-likeness (QED) is 0.108. The van der Waals surface area contributed by atoms with E-state index in [1.54, 1.807) is 0 Å². The standard InChI is InChI=1S/C29H58O/c1-2-3-4-5-6-7-8-9-10-11-12-13-14-15-16-17-18-19-20-21-22-23-24-25-26-27-28-29-30/h28-30H,2-27H2,1H3. The van der Waals surface area contributed by atoms with Crippen LogP contribution in [0.5, 0.6) is 0 Å². The maximum absolute atomic E-state index is 8.57. The van der Waals surface area contributed by atoms with Gasteiger partial charge in [0, 0.05) is 0 Å². The molecule has 1 heteroatoms. The van der Waals surface area contributed by atoms with Gasteiger partial charge in [-0.1, -0.05) is 167 Å². The topological polar surface area (TPSA) is 20.2 Å². The highest BCUT2D eigenvalue weighted by molar-refractivity contribution is 4.70. The smallest absolute Gasteiger partial charge is 0.0751 e. The van der Waals surface area contributed by atoms with Crippen LogP contribution in [0.4, 0.5) is 0 Å². The Morgan fingerprint density at radius 1 is 0.367 bits per heavy atom. The number of hydrogen-bond donors (Lipinski definition) is 1. The third-order valence-corrected chi connectivity index (χ3v) is 6.58. The summed E-state index contributed by atoms with van der Waals surface area (Å²) < 4.78 is 0. The predicted octanol–water partition coefficient (Wildman–Crippen LogP) is 11.2. The third kappa shape index (κ3) is 27.5. The molecule has 0 heterocycles. The highest BCUT2D eigenvalue weighted by atomic mass is 16.2. The number of aliphatic hydroxyl groups is 1. The molecule has 0 amide bonds. The Balaban J connectivity index is 2.99. The summed E-state index contributed by atoms with van der Waals surface area (Å²) in [7, 11) is 0. The normalized spacial score (nSPS) is 11.6. The molecule has 0 radical (unpaired) electrons. The highest BCUT2D eigenvalue weighted by Crippen LogP contribution is 2.15. The number of aliphatic hydroxyl groups excluding tert-OH is 1. The van der Waals surface area contributed by atoms with Crippen molar-refractivity contribution in [2.75, 3.05) is 0 Å². The molecule has 1 N–H and O–H groups in total. The molecule has 0 aliphatic rings. The van der Waals surface area contributed by atoms with E-state index in [-0.39, 0.29) is 0 Å². The summed E-state index contributed by atoms with van der Waals surface area (Å²) >= 11 is 0. The van der Waals surface area contributed by atoms with Gasteiger partial charge in [0.25, 0.3) is 0 Å². The number of allylic oxidation sites excluding steroid dienone is 1. The van der Waals surface area contributed by atoms with Crippen LogP contribution in [0.1, 0.15) is 174 Å². The largest absolute Gasteiger partial charge is 0.516 e. The molecule has 0 aliphatic carbocycles. The van der Waals surface area contributed by atoms with Crippen LogP contribution in [0.25, 0.3) is 0 Å². The summed E-state index contributed by atoms with van der Waals surface area (Å²) in [6.07, 6.45) is 40.1. The van der Waals surface area contributed by atoms with E-state index in [1.807, 2.05) is 6.08 Å². The Labute approximate surface area is 191 Å². The lowest BCUT2D eigenvalue weighted by atomic mass is 10.0. The molecule has 0 unspecified atom stereocenters. The van der Waals surface area contributed by atoms with Crippen molar-refractivity contribution >= 4 is 0 Å². The van der Waals surface area contributed by atoms with E-state index in [2.05, 4.69) is 6.92 Å². The molecule has 0 rings (SSSR count). The first-order valence-electron chi connectivity index (χ1n) is 14.2. The summed E-state index contributed by atoms with van der Waals surface area (Å²) in [4.78, 5) is 0. The first kappa shape index (κ1) is 29.5. The summed E-state index contributed by atoms with van der Waals surface area (Å²) in [5.74, 6) is 0. The molecule has 0 aromatic heterocycles. The SMILES string of the molecule is CCCCCCCCCCCCCCCCCCCCCCCCCCCC=CO. The lowest BCUT2D eigenvalue weighted by Crippen LogP contribution is -1.84. The molecule has 0 aliphatic heterocycles. The van der Waals surface area contributed by atoms with Gasteiger partial charge in [-0.15, -0.1) is 0 Å². The monoisotopic (exact) mass is 422 g/mol. The molecule has 30 heavy (non-hydrogen) atoms. The van der Waals surface area contributed by atoms with Gasteiger partial charge in [0.1, 0.15) is 0 Å². The van der Waals surface area contributed by atoms with Crippen LogP contribution in [0, 0.1) is 0 Å². The molecule has 0 aromatic carbocycles. The van der Waals surface area contributed by atoms with Gasteiger partial charge in [-0.3, -0.25) is 0 Å². The summed E-state index contributed by atoms with van der Waals surface area (Å²) in [6.45, 7) is 2.30. The minimum Gasteiger partial charge on any atom is -0.516 e. The second-order valence-electron chi connectivity index (χ2n) is 9.66. The molecule has 0 aromatic rings. The van der Waals surface area contributed by atoms with E-state index < -0.39 is 0 Å². The Morgan fingerprint density at radius 2 is 0.600 bits per heavy atom. The average Bonchev–Trinajstić information content (AvgIpc) is 2.76. The Bertz CT molecular complexity index is 309. The Hall–Kier alpha value is -0.460. The van der Waals surface area contributed by atoms with E-state index in [1.165, 1.54) is 167 Å². The fourth-order valence-corrected chi connectivity index (χ4v) is 4.48. The van der Waals surface area contributed by atoms with Gasteiger partial charge in [-0.2, -0.15) is 0 Å². The van der Waals surface area contributed by atoms with E-state index in [0.717, 1.165) is 6.42 Å². The zero-order valence-electron chi connectivity index (χ0n) is 21.0. The molecule has 0 saturated heterocycles. The average molecular weight is 423 g/mol. The molecule has 0 bridgehead atoms. The number of hydrogen-bond acceptors (Lipinski definition) is 1. The van der Waals surface area contributed by atoms with Gasteiger partial charge in [-0.05, 0) is 12.8 Å². The Kier molecular flexibility index (Phi) is 28.1. The zero-order chi connectivity index (χ0) is 21.8. The van der Waals surface area contributed by atoms with Crippen LogP contribution in [-0.2, 0) is 0 Å². The first-order chi connectivity index (χ1) is 14.9. The van der Waals surface area contributed by atoms with Crippen LogP contribution in [0.3, 0.4) is 0 Å². The van der Waals surface area contributed by atoms with Crippen molar-refractivity contribution in [2.24, 2.45) is 0 Å². The van der Waals surface area contributed by atoms with Gasteiger partial charge in [-0.25, -0.2) is 0 Å². The van der Waals surface area contributed by atoms with E-state index in [9.17, 15) is 0 Å². The van der Waals surface area contributed by atoms with Gasteiger partial charge in [0.15, 0.2) is 0 Å². The summed E-state index contributed by atoms with van der Waals surface area (Å²) in [5, 5.41) is 8.57. The van der Waals surface area contributed by atoms with Crippen molar-refractivity contribution in [1.29, 1.82) is 0 Å². The first-order valence-corrected chi connectivity index (χ1v) is 14.2. The van der Waals surface area contributed by atoms with Gasteiger partial charge in [0.05, 0.1) is 6.26 Å². The molecule has 180 valence electrons. The van der Waals surface area contributed by atoms with Crippen molar-refractivity contribution in [1.82, 2.24) is 0 Å². The molecule has 1 nitrogen and oxygen atoms in total. The molecule has 0 spiro atoms. The van der Waals surface area contributed by atoms with Crippen LogP contribution in [0.2, 0.25) is 0 Å². The van der Waals surface area contributed by atoms with Gasteiger partial charge in [0.2, 0.25) is 0 Å². The zero-order valence-corrected chi connectivity index (χ0v) is 21.0. The molecule has 0 atom stereocenters. The number of rotatable bonds is 26. The fraction of sp³-hybridized carbons (Fsp3) is 0.931. The third-order valence-electron chi connectivity index (χ3n) is 6.58. The van der Waals surface area contributed by atoms with Gasteiger partial charge >= 0.3 is 0 Å². The lowest BCUT2D eigenvalue weighted by molar-refractivity contribution is 0.469. The predicted molar refractivity (Wildman–Crippen MR) is 137 cm³/mol. The Morgan fingerprint density at radius 3 is 0.833 bits per heavy atom. The maximum atomic E-state index is 8.57. The second kappa shape index (κ2) is 28.5. The van der Waals surface area contributed by atoms with Crippen LogP contribution < -0.4 is 0 Å². The highest BCUT2D eigenvalue weighted by Gasteiger charge is 1.96. The maximum Gasteiger partial charge on any atom is 0.0751 e. The minimum atomic E-state index is 1.04. The van der Waals surface area contributed by atoms with Crippen LogP contribution >= 0.6 is 0 Å². The van der Waals surface area contributed by atoms with Crippen molar-refractivity contribution in [2.45, 2.75) is 174 Å². The minimum absolute atomic E-state index is 1.04. The van der Waals surface area contributed by atoms with E-state index in [4.69, 9.17) is 5.11 Å². The van der Waals surface area contributed by atoms with Crippen molar-refractivity contribution in [3.8, 4) is 0 Å². The summed E-state index contributed by atoms with van der Waals surface area (Å²) in [5.41, 5.74) is 0.